The maximum absolute atomic E-state index is 12.1. The molecule has 0 aliphatic carbocycles. The molecule has 1 aliphatic rings. The summed E-state index contributed by atoms with van der Waals surface area (Å²) in [7, 11) is -3.09. The Morgan fingerprint density at radius 1 is 1.39 bits per heavy atom. The lowest BCUT2D eigenvalue weighted by Crippen LogP contribution is -2.36. The third kappa shape index (κ3) is 4.11. The molecule has 0 aromatic heterocycles. The van der Waals surface area contributed by atoms with Crippen molar-refractivity contribution in [2.45, 2.75) is 26.3 Å². The van der Waals surface area contributed by atoms with E-state index in [0.29, 0.717) is 23.1 Å². The first-order valence-electron chi connectivity index (χ1n) is 7.15. The summed E-state index contributed by atoms with van der Waals surface area (Å²) in [5, 5.41) is 21.5. The average Bonchev–Trinajstić information content (AvgIpc) is 2.80. The van der Waals surface area contributed by atoms with E-state index in [4.69, 9.17) is 0 Å². The number of nitrogens with one attached hydrogen (secondary N) is 1. The van der Waals surface area contributed by atoms with Crippen LogP contribution in [0.1, 0.15) is 23.1 Å². The van der Waals surface area contributed by atoms with E-state index in [2.05, 4.69) is 5.32 Å². The molecule has 0 unspecified atom stereocenters. The van der Waals surface area contributed by atoms with Gasteiger partial charge in [0, 0.05) is 6.04 Å². The summed E-state index contributed by atoms with van der Waals surface area (Å²) in [6.07, 6.45) is 1.79. The Bertz CT molecular complexity index is 796. The Morgan fingerprint density at radius 3 is 2.48 bits per heavy atom. The van der Waals surface area contributed by atoms with E-state index < -0.39 is 21.8 Å². The second kappa shape index (κ2) is 6.42. The van der Waals surface area contributed by atoms with Gasteiger partial charge < -0.3 is 10.4 Å². The number of sulfone groups is 1. The predicted octanol–water partition coefficient (Wildman–Crippen LogP) is 1.22. The highest BCUT2D eigenvalue weighted by molar-refractivity contribution is 7.91. The molecule has 1 fully saturated rings. The van der Waals surface area contributed by atoms with Crippen molar-refractivity contribution < 1.29 is 18.3 Å². The van der Waals surface area contributed by atoms with Crippen molar-refractivity contribution in [2.24, 2.45) is 0 Å². The van der Waals surface area contributed by atoms with E-state index in [1.807, 2.05) is 6.07 Å². The largest absolute Gasteiger partial charge is 0.507 e. The van der Waals surface area contributed by atoms with E-state index >= 15 is 0 Å². The van der Waals surface area contributed by atoms with Gasteiger partial charge in [-0.25, -0.2) is 8.42 Å². The van der Waals surface area contributed by atoms with Crippen LogP contribution in [0.5, 0.6) is 5.75 Å². The SMILES string of the molecule is Cc1cc(/C=C(\C#N)C(=O)N[C@@H]2CCS(=O)(=O)C2)cc(C)c1O. The van der Waals surface area contributed by atoms with Gasteiger partial charge in [-0.2, -0.15) is 5.26 Å². The fraction of sp³-hybridized carbons (Fsp3) is 0.375. The standard InChI is InChI=1S/C16H18N2O4S/c1-10-5-12(6-11(2)15(10)19)7-13(8-17)16(20)18-14-3-4-23(21,22)9-14/h5-7,14,19H,3-4,9H2,1-2H3,(H,18,20)/b13-7+/t14-/m1/s1. The molecule has 1 aliphatic heterocycles. The molecular weight excluding hydrogens is 316 g/mol. The Kier molecular flexibility index (Phi) is 4.76. The number of aromatic hydroxyl groups is 1. The zero-order chi connectivity index (χ0) is 17.2. The van der Waals surface area contributed by atoms with Gasteiger partial charge in [0.25, 0.3) is 5.91 Å². The minimum Gasteiger partial charge on any atom is -0.507 e. The first kappa shape index (κ1) is 17.0. The predicted molar refractivity (Wildman–Crippen MR) is 86.4 cm³/mol. The highest BCUT2D eigenvalue weighted by Crippen LogP contribution is 2.24. The third-order valence-electron chi connectivity index (χ3n) is 3.76. The van der Waals surface area contributed by atoms with Crippen molar-refractivity contribution in [1.29, 1.82) is 5.26 Å². The molecule has 1 amide bonds. The van der Waals surface area contributed by atoms with Crippen LogP contribution in [0.3, 0.4) is 0 Å². The molecule has 7 heteroatoms. The van der Waals surface area contributed by atoms with Crippen molar-refractivity contribution in [3.05, 3.63) is 34.4 Å². The number of carbonyl (C=O) groups is 1. The average molecular weight is 334 g/mol. The van der Waals surface area contributed by atoms with Gasteiger partial charge in [-0.15, -0.1) is 0 Å². The minimum atomic E-state index is -3.09. The summed E-state index contributed by atoms with van der Waals surface area (Å²) < 4.78 is 22.8. The minimum absolute atomic E-state index is 0.0555. The maximum atomic E-state index is 12.1. The Balaban J connectivity index is 2.19. The summed E-state index contributed by atoms with van der Waals surface area (Å²) in [6, 6.07) is 4.73. The van der Waals surface area contributed by atoms with Crippen LogP contribution >= 0.6 is 0 Å². The number of hydrogen-bond donors (Lipinski definition) is 2. The first-order chi connectivity index (χ1) is 10.7. The van der Waals surface area contributed by atoms with Gasteiger partial charge in [-0.05, 0) is 55.2 Å². The van der Waals surface area contributed by atoms with Crippen molar-refractivity contribution in [1.82, 2.24) is 5.32 Å². The van der Waals surface area contributed by atoms with E-state index in [9.17, 15) is 23.6 Å². The van der Waals surface area contributed by atoms with Crippen LogP contribution in [0.15, 0.2) is 17.7 Å². The van der Waals surface area contributed by atoms with Gasteiger partial charge in [0.15, 0.2) is 9.84 Å². The van der Waals surface area contributed by atoms with E-state index in [1.165, 1.54) is 6.08 Å². The number of nitrogens with zero attached hydrogens (tertiary/aromatic N) is 1. The zero-order valence-corrected chi connectivity index (χ0v) is 13.8. The molecule has 0 bridgehead atoms. The monoisotopic (exact) mass is 334 g/mol. The molecule has 1 aromatic carbocycles. The molecule has 6 nitrogen and oxygen atoms in total. The Hall–Kier alpha value is -2.33. The molecule has 1 saturated heterocycles. The summed E-state index contributed by atoms with van der Waals surface area (Å²) in [4.78, 5) is 12.1. The van der Waals surface area contributed by atoms with Crippen LogP contribution in [0.2, 0.25) is 0 Å². The Labute approximate surface area is 135 Å². The smallest absolute Gasteiger partial charge is 0.262 e. The molecule has 23 heavy (non-hydrogen) atoms. The number of benzene rings is 1. The first-order valence-corrected chi connectivity index (χ1v) is 8.97. The second-order valence-electron chi connectivity index (χ2n) is 5.75. The molecular formula is C16H18N2O4S. The molecule has 122 valence electrons. The van der Waals surface area contributed by atoms with Gasteiger partial charge in [-0.1, -0.05) is 0 Å². The van der Waals surface area contributed by atoms with Crippen molar-refractivity contribution in [3.8, 4) is 11.8 Å². The molecule has 0 saturated carbocycles. The van der Waals surface area contributed by atoms with Crippen molar-refractivity contribution >= 4 is 21.8 Å². The molecule has 1 atom stereocenters. The van der Waals surface area contributed by atoms with Crippen LogP contribution in [0.25, 0.3) is 6.08 Å². The van der Waals surface area contributed by atoms with Gasteiger partial charge in [0.05, 0.1) is 11.5 Å². The normalized spacial score (nSPS) is 20.0. The molecule has 0 spiro atoms. The molecule has 1 heterocycles. The number of amides is 1. The summed E-state index contributed by atoms with van der Waals surface area (Å²) in [5.41, 5.74) is 1.83. The third-order valence-corrected chi connectivity index (χ3v) is 5.53. The topological polar surface area (TPSA) is 107 Å². The molecule has 0 radical (unpaired) electrons. The van der Waals surface area contributed by atoms with E-state index in [0.717, 1.165) is 0 Å². The highest BCUT2D eigenvalue weighted by atomic mass is 32.2. The van der Waals surface area contributed by atoms with Crippen molar-refractivity contribution in [3.63, 3.8) is 0 Å². The van der Waals surface area contributed by atoms with Crippen LogP contribution < -0.4 is 5.32 Å². The number of nitriles is 1. The van der Waals surface area contributed by atoms with Crippen LogP contribution in [0.4, 0.5) is 0 Å². The number of carbonyl (C=O) groups excluding carboxylic acids is 1. The summed E-state index contributed by atoms with van der Waals surface area (Å²) in [6.45, 7) is 3.46. The summed E-state index contributed by atoms with van der Waals surface area (Å²) in [5.74, 6) is -0.436. The lowest BCUT2D eigenvalue weighted by atomic mass is 10.0. The van der Waals surface area contributed by atoms with Gasteiger partial charge in [0.1, 0.15) is 17.4 Å². The van der Waals surface area contributed by atoms with Gasteiger partial charge >= 0.3 is 0 Å². The number of rotatable bonds is 3. The van der Waals surface area contributed by atoms with Gasteiger partial charge in [-0.3, -0.25) is 4.79 Å². The number of hydrogen-bond acceptors (Lipinski definition) is 5. The quantitative estimate of drug-likeness (QED) is 0.638. The molecule has 2 rings (SSSR count). The highest BCUT2D eigenvalue weighted by Gasteiger charge is 2.29. The van der Waals surface area contributed by atoms with Crippen molar-refractivity contribution in [2.75, 3.05) is 11.5 Å². The fourth-order valence-corrected chi connectivity index (χ4v) is 4.23. The van der Waals surface area contributed by atoms with Gasteiger partial charge in [0.2, 0.25) is 0 Å². The second-order valence-corrected chi connectivity index (χ2v) is 7.98. The Morgan fingerprint density at radius 2 is 2.00 bits per heavy atom. The zero-order valence-electron chi connectivity index (χ0n) is 13.0. The number of phenolic OH excluding ortho intramolecular Hbond substituents is 1. The maximum Gasteiger partial charge on any atom is 0.262 e. The fourth-order valence-electron chi connectivity index (χ4n) is 2.56. The van der Waals surface area contributed by atoms with E-state index in [1.54, 1.807) is 26.0 Å². The van der Waals surface area contributed by atoms with Crippen LogP contribution in [-0.4, -0.2) is 37.0 Å². The lowest BCUT2D eigenvalue weighted by molar-refractivity contribution is -0.117. The molecule has 2 N–H and O–H groups in total. The van der Waals surface area contributed by atoms with E-state index in [-0.39, 0.29) is 22.8 Å². The van der Waals surface area contributed by atoms with Crippen LogP contribution in [0, 0.1) is 25.2 Å². The summed E-state index contributed by atoms with van der Waals surface area (Å²) >= 11 is 0. The molecule has 1 aromatic rings. The lowest BCUT2D eigenvalue weighted by Gasteiger charge is -2.10. The number of phenols is 1. The van der Waals surface area contributed by atoms with Crippen LogP contribution in [-0.2, 0) is 14.6 Å². The number of aryl methyl sites for hydroxylation is 2.